The van der Waals surface area contributed by atoms with Gasteiger partial charge in [0.15, 0.2) is 11.5 Å². The molecule has 1 N–H and O–H groups in total. The monoisotopic (exact) mass is 239 g/mol. The molecule has 1 rings (SSSR count). The van der Waals surface area contributed by atoms with Crippen LogP contribution in [0.15, 0.2) is 18.2 Å². The highest BCUT2D eigenvalue weighted by atomic mass is 16.5. The van der Waals surface area contributed by atoms with Crippen LogP contribution in [-0.4, -0.2) is 41.0 Å². The van der Waals surface area contributed by atoms with Crippen molar-refractivity contribution >= 4 is 0 Å². The molecule has 1 aromatic carbocycles. The first kappa shape index (κ1) is 13.8. The van der Waals surface area contributed by atoms with Crippen LogP contribution in [0.1, 0.15) is 5.56 Å². The molecule has 0 aromatic heterocycles. The molecule has 4 heteroatoms. The lowest BCUT2D eigenvalue weighted by Crippen LogP contribution is -2.15. The van der Waals surface area contributed by atoms with E-state index in [1.54, 1.807) is 14.2 Å². The van der Waals surface area contributed by atoms with E-state index in [0.717, 1.165) is 37.7 Å². The van der Waals surface area contributed by atoms with Crippen LogP contribution in [-0.2, 0) is 11.2 Å². The largest absolute Gasteiger partial charge is 0.493 e. The van der Waals surface area contributed by atoms with Crippen LogP contribution < -0.4 is 14.8 Å². The van der Waals surface area contributed by atoms with Gasteiger partial charge in [0.2, 0.25) is 0 Å². The third kappa shape index (κ3) is 4.63. The molecule has 17 heavy (non-hydrogen) atoms. The molecule has 0 aliphatic rings. The highest BCUT2D eigenvalue weighted by molar-refractivity contribution is 5.42. The lowest BCUT2D eigenvalue weighted by molar-refractivity contribution is 0.140. The molecular formula is C13H21NO3. The van der Waals surface area contributed by atoms with Gasteiger partial charge in [0.05, 0.1) is 27.4 Å². The van der Waals surface area contributed by atoms with E-state index in [1.807, 2.05) is 25.2 Å². The maximum Gasteiger partial charge on any atom is 0.160 e. The van der Waals surface area contributed by atoms with Crippen molar-refractivity contribution in [3.05, 3.63) is 23.8 Å². The summed E-state index contributed by atoms with van der Waals surface area (Å²) in [7, 11) is 5.20. The minimum absolute atomic E-state index is 0.719. The Balaban J connectivity index is 2.43. The van der Waals surface area contributed by atoms with Gasteiger partial charge in [0.25, 0.3) is 0 Å². The summed E-state index contributed by atoms with van der Waals surface area (Å²) in [6.07, 6.45) is 0.879. The Hall–Kier alpha value is -1.26. The van der Waals surface area contributed by atoms with E-state index >= 15 is 0 Å². The highest BCUT2D eigenvalue weighted by Crippen LogP contribution is 2.27. The van der Waals surface area contributed by atoms with E-state index in [2.05, 4.69) is 5.32 Å². The summed E-state index contributed by atoms with van der Waals surface area (Å²) in [6, 6.07) is 5.94. The molecular weight excluding hydrogens is 218 g/mol. The standard InChI is InChI=1S/C13H21NO3/c1-14-7-9-17-8-6-11-4-5-12(15-2)13(10-11)16-3/h4-5,10,14H,6-9H2,1-3H3. The predicted octanol–water partition coefficient (Wildman–Crippen LogP) is 1.48. The third-order valence-corrected chi connectivity index (χ3v) is 2.48. The second kappa shape index (κ2) is 7.92. The van der Waals surface area contributed by atoms with E-state index in [1.165, 1.54) is 5.56 Å². The molecule has 0 bridgehead atoms. The Bertz CT molecular complexity index is 328. The van der Waals surface area contributed by atoms with Crippen molar-refractivity contribution in [2.45, 2.75) is 6.42 Å². The molecule has 0 radical (unpaired) electrons. The minimum atomic E-state index is 0.719. The van der Waals surface area contributed by atoms with E-state index in [9.17, 15) is 0 Å². The first-order valence-corrected chi connectivity index (χ1v) is 5.75. The molecule has 0 aliphatic heterocycles. The van der Waals surface area contributed by atoms with Gasteiger partial charge in [0, 0.05) is 6.54 Å². The lowest BCUT2D eigenvalue weighted by Gasteiger charge is -2.09. The maximum atomic E-state index is 5.47. The van der Waals surface area contributed by atoms with Crippen LogP contribution in [0, 0.1) is 0 Å². The van der Waals surface area contributed by atoms with Gasteiger partial charge in [-0.3, -0.25) is 0 Å². The Labute approximate surface area is 103 Å². The topological polar surface area (TPSA) is 39.7 Å². The third-order valence-electron chi connectivity index (χ3n) is 2.48. The first-order valence-electron chi connectivity index (χ1n) is 5.75. The van der Waals surface area contributed by atoms with Gasteiger partial charge in [-0.2, -0.15) is 0 Å². The molecule has 96 valence electrons. The van der Waals surface area contributed by atoms with E-state index in [4.69, 9.17) is 14.2 Å². The van der Waals surface area contributed by atoms with Crippen molar-refractivity contribution in [3.8, 4) is 11.5 Å². The first-order chi connectivity index (χ1) is 8.31. The quantitative estimate of drug-likeness (QED) is 0.698. The fraction of sp³-hybridized carbons (Fsp3) is 0.538. The molecule has 0 atom stereocenters. The van der Waals surface area contributed by atoms with Gasteiger partial charge in [-0.25, -0.2) is 0 Å². The van der Waals surface area contributed by atoms with Gasteiger partial charge in [-0.15, -0.1) is 0 Å². The molecule has 1 aromatic rings. The van der Waals surface area contributed by atoms with E-state index < -0.39 is 0 Å². The summed E-state index contributed by atoms with van der Waals surface area (Å²) in [5, 5.41) is 3.04. The summed E-state index contributed by atoms with van der Waals surface area (Å²) in [5.74, 6) is 1.52. The summed E-state index contributed by atoms with van der Waals surface area (Å²) in [4.78, 5) is 0. The Kier molecular flexibility index (Phi) is 6.43. The van der Waals surface area contributed by atoms with Crippen molar-refractivity contribution in [2.24, 2.45) is 0 Å². The van der Waals surface area contributed by atoms with Crippen molar-refractivity contribution in [1.82, 2.24) is 5.32 Å². The van der Waals surface area contributed by atoms with Gasteiger partial charge in [-0.05, 0) is 31.2 Å². The summed E-state index contributed by atoms with van der Waals surface area (Å²) < 4.78 is 15.9. The van der Waals surface area contributed by atoms with Crippen LogP contribution in [0.3, 0.4) is 0 Å². The molecule has 0 amide bonds. The number of hydrogen-bond acceptors (Lipinski definition) is 4. The van der Waals surface area contributed by atoms with Gasteiger partial charge >= 0.3 is 0 Å². The van der Waals surface area contributed by atoms with Crippen LogP contribution in [0.2, 0.25) is 0 Å². The second-order valence-electron chi connectivity index (χ2n) is 3.66. The predicted molar refractivity (Wildman–Crippen MR) is 68.0 cm³/mol. The second-order valence-corrected chi connectivity index (χ2v) is 3.66. The molecule has 0 saturated heterocycles. The molecule has 0 unspecified atom stereocenters. The number of ether oxygens (including phenoxy) is 3. The summed E-state index contributed by atoms with van der Waals surface area (Å²) >= 11 is 0. The minimum Gasteiger partial charge on any atom is -0.493 e. The van der Waals surface area contributed by atoms with Crippen LogP contribution in [0.4, 0.5) is 0 Å². The van der Waals surface area contributed by atoms with Gasteiger partial charge < -0.3 is 19.5 Å². The van der Waals surface area contributed by atoms with Gasteiger partial charge in [0.1, 0.15) is 0 Å². The van der Waals surface area contributed by atoms with Crippen LogP contribution >= 0.6 is 0 Å². The van der Waals surface area contributed by atoms with Crippen molar-refractivity contribution < 1.29 is 14.2 Å². The van der Waals surface area contributed by atoms with Gasteiger partial charge in [-0.1, -0.05) is 6.07 Å². The van der Waals surface area contributed by atoms with Crippen molar-refractivity contribution in [1.29, 1.82) is 0 Å². The fourth-order valence-electron chi connectivity index (χ4n) is 1.50. The molecule has 0 spiro atoms. The average Bonchev–Trinajstić information content (AvgIpc) is 2.38. The number of nitrogens with one attached hydrogen (secondary N) is 1. The fourth-order valence-corrected chi connectivity index (χ4v) is 1.50. The zero-order valence-electron chi connectivity index (χ0n) is 10.8. The Morgan fingerprint density at radius 3 is 2.47 bits per heavy atom. The molecule has 0 saturated carbocycles. The highest BCUT2D eigenvalue weighted by Gasteiger charge is 2.04. The average molecular weight is 239 g/mol. The van der Waals surface area contributed by atoms with Crippen molar-refractivity contribution in [3.63, 3.8) is 0 Å². The maximum absolute atomic E-state index is 5.47. The summed E-state index contributed by atoms with van der Waals surface area (Å²) in [6.45, 7) is 2.34. The number of methoxy groups -OCH3 is 2. The number of rotatable bonds is 8. The normalized spacial score (nSPS) is 10.3. The smallest absolute Gasteiger partial charge is 0.160 e. The molecule has 0 heterocycles. The number of benzene rings is 1. The lowest BCUT2D eigenvalue weighted by atomic mass is 10.1. The van der Waals surface area contributed by atoms with E-state index in [-0.39, 0.29) is 0 Å². The molecule has 0 fully saturated rings. The van der Waals surface area contributed by atoms with E-state index in [0.29, 0.717) is 0 Å². The zero-order chi connectivity index (χ0) is 12.5. The number of likely N-dealkylation sites (N-methyl/N-ethyl adjacent to an activating group) is 1. The van der Waals surface area contributed by atoms with Crippen LogP contribution in [0.5, 0.6) is 11.5 Å². The molecule has 0 aliphatic carbocycles. The van der Waals surface area contributed by atoms with Crippen molar-refractivity contribution in [2.75, 3.05) is 41.0 Å². The molecule has 4 nitrogen and oxygen atoms in total. The zero-order valence-corrected chi connectivity index (χ0v) is 10.8. The Morgan fingerprint density at radius 1 is 1.06 bits per heavy atom. The Morgan fingerprint density at radius 2 is 1.82 bits per heavy atom. The number of hydrogen-bond donors (Lipinski definition) is 1. The SMILES string of the molecule is CNCCOCCc1ccc(OC)c(OC)c1. The summed E-state index contributed by atoms with van der Waals surface area (Å²) in [5.41, 5.74) is 1.19. The van der Waals surface area contributed by atoms with Crippen LogP contribution in [0.25, 0.3) is 0 Å².